The molecule has 1 aromatic carbocycles. The van der Waals surface area contributed by atoms with Crippen molar-refractivity contribution in [3.63, 3.8) is 0 Å². The van der Waals surface area contributed by atoms with Crippen LogP contribution in [0.4, 0.5) is 0 Å². The summed E-state index contributed by atoms with van der Waals surface area (Å²) >= 11 is 6.39. The predicted octanol–water partition coefficient (Wildman–Crippen LogP) is 2.01. The van der Waals surface area contributed by atoms with E-state index in [0.29, 0.717) is 26.4 Å². The number of carbonyl (C=O) groups excluding carboxylic acids is 1. The lowest BCUT2D eigenvalue weighted by atomic mass is 10.0. The molecular weight excluding hydrogens is 316 g/mol. The molecule has 6 heteroatoms. The molecule has 5 nitrogen and oxygen atoms in total. The maximum absolute atomic E-state index is 12.2. The maximum Gasteiger partial charge on any atom is 0.249 e. The molecule has 0 saturated carbocycles. The van der Waals surface area contributed by atoms with Crippen LogP contribution in [0, 0.1) is 0 Å². The van der Waals surface area contributed by atoms with Crippen molar-refractivity contribution in [2.75, 3.05) is 39.5 Å². The molecule has 0 bridgehead atoms. The SMILES string of the molecule is O=C(NC[C@@H](c1ccccc1Cl)N1CCOCC1)[C@@H]1CCCO1. The van der Waals surface area contributed by atoms with Gasteiger partial charge in [0.05, 0.1) is 19.3 Å². The summed E-state index contributed by atoms with van der Waals surface area (Å²) in [6, 6.07) is 7.88. The second-order valence-corrected chi connectivity index (χ2v) is 6.34. The number of hydrogen-bond donors (Lipinski definition) is 1. The second-order valence-electron chi connectivity index (χ2n) is 5.93. The Morgan fingerprint density at radius 2 is 2.09 bits per heavy atom. The van der Waals surface area contributed by atoms with Crippen molar-refractivity contribution in [1.82, 2.24) is 10.2 Å². The van der Waals surface area contributed by atoms with Gasteiger partial charge in [-0.3, -0.25) is 9.69 Å². The highest BCUT2D eigenvalue weighted by molar-refractivity contribution is 6.31. The Morgan fingerprint density at radius 3 is 2.78 bits per heavy atom. The molecule has 2 fully saturated rings. The van der Waals surface area contributed by atoms with Gasteiger partial charge < -0.3 is 14.8 Å². The third-order valence-electron chi connectivity index (χ3n) is 4.44. The topological polar surface area (TPSA) is 50.8 Å². The van der Waals surface area contributed by atoms with Crippen LogP contribution in [-0.4, -0.2) is 56.4 Å². The van der Waals surface area contributed by atoms with Crippen LogP contribution in [0.5, 0.6) is 0 Å². The Hall–Kier alpha value is -1.14. The number of halogens is 1. The van der Waals surface area contributed by atoms with Crippen LogP contribution in [0.25, 0.3) is 0 Å². The molecule has 1 aromatic rings. The van der Waals surface area contributed by atoms with Crippen molar-refractivity contribution >= 4 is 17.5 Å². The molecule has 126 valence electrons. The maximum atomic E-state index is 12.2. The molecule has 0 aliphatic carbocycles. The number of rotatable bonds is 5. The Morgan fingerprint density at radius 1 is 1.30 bits per heavy atom. The Balaban J connectivity index is 1.69. The van der Waals surface area contributed by atoms with E-state index < -0.39 is 0 Å². The van der Waals surface area contributed by atoms with Crippen molar-refractivity contribution in [3.05, 3.63) is 34.9 Å². The van der Waals surface area contributed by atoms with Crippen molar-refractivity contribution in [1.29, 1.82) is 0 Å². The third-order valence-corrected chi connectivity index (χ3v) is 4.79. The quantitative estimate of drug-likeness (QED) is 0.892. The van der Waals surface area contributed by atoms with E-state index in [9.17, 15) is 4.79 Å². The number of hydrogen-bond acceptors (Lipinski definition) is 4. The summed E-state index contributed by atoms with van der Waals surface area (Å²) in [6.45, 7) is 4.30. The van der Waals surface area contributed by atoms with Gasteiger partial charge in [0.1, 0.15) is 6.10 Å². The zero-order valence-corrected chi connectivity index (χ0v) is 13.9. The smallest absolute Gasteiger partial charge is 0.249 e. The van der Waals surface area contributed by atoms with Crippen LogP contribution < -0.4 is 5.32 Å². The number of nitrogens with zero attached hydrogens (tertiary/aromatic N) is 1. The summed E-state index contributed by atoms with van der Waals surface area (Å²) in [5.74, 6) is -0.0205. The highest BCUT2D eigenvalue weighted by Crippen LogP contribution is 2.28. The molecule has 23 heavy (non-hydrogen) atoms. The normalized spacial score (nSPS) is 23.6. The lowest BCUT2D eigenvalue weighted by molar-refractivity contribution is -0.130. The first-order chi connectivity index (χ1) is 11.3. The van der Waals surface area contributed by atoms with Gasteiger partial charge in [-0.1, -0.05) is 29.8 Å². The molecule has 0 radical (unpaired) electrons. The molecule has 2 heterocycles. The van der Waals surface area contributed by atoms with Crippen LogP contribution in [0.3, 0.4) is 0 Å². The van der Waals surface area contributed by atoms with E-state index in [1.54, 1.807) is 0 Å². The summed E-state index contributed by atoms with van der Waals surface area (Å²) in [5, 5.41) is 3.77. The second kappa shape index (κ2) is 8.11. The number of morpholine rings is 1. The number of benzene rings is 1. The first-order valence-electron chi connectivity index (χ1n) is 8.21. The van der Waals surface area contributed by atoms with Gasteiger partial charge in [0.2, 0.25) is 5.91 Å². The van der Waals surface area contributed by atoms with E-state index in [2.05, 4.69) is 10.2 Å². The average Bonchev–Trinajstić information content (AvgIpc) is 3.12. The van der Waals surface area contributed by atoms with Gasteiger partial charge in [-0.05, 0) is 24.5 Å². The van der Waals surface area contributed by atoms with Gasteiger partial charge in [0.15, 0.2) is 0 Å². The Kier molecular flexibility index (Phi) is 5.89. The summed E-state index contributed by atoms with van der Waals surface area (Å²) < 4.78 is 10.9. The predicted molar refractivity (Wildman–Crippen MR) is 88.6 cm³/mol. The van der Waals surface area contributed by atoms with E-state index >= 15 is 0 Å². The highest BCUT2D eigenvalue weighted by atomic mass is 35.5. The number of carbonyl (C=O) groups is 1. The molecule has 3 rings (SSSR count). The molecule has 2 saturated heterocycles. The number of amides is 1. The fourth-order valence-corrected chi connectivity index (χ4v) is 3.43. The minimum atomic E-state index is -0.299. The zero-order chi connectivity index (χ0) is 16.1. The molecule has 1 amide bonds. The highest BCUT2D eigenvalue weighted by Gasteiger charge is 2.27. The standard InChI is InChI=1S/C17H23ClN2O3/c18-14-5-2-1-4-13(14)15(20-7-10-22-11-8-20)12-19-17(21)16-6-3-9-23-16/h1-2,4-5,15-16H,3,6-12H2,(H,19,21)/t15-,16-/m0/s1. The molecule has 2 atom stereocenters. The van der Waals surface area contributed by atoms with Crippen LogP contribution in [0.2, 0.25) is 5.02 Å². The van der Waals surface area contributed by atoms with Crippen LogP contribution in [0.15, 0.2) is 24.3 Å². The summed E-state index contributed by atoms with van der Waals surface area (Å²) in [7, 11) is 0. The van der Waals surface area contributed by atoms with Gasteiger partial charge in [-0.15, -0.1) is 0 Å². The van der Waals surface area contributed by atoms with Crippen molar-refractivity contribution in [2.45, 2.75) is 25.0 Å². The molecule has 0 spiro atoms. The van der Waals surface area contributed by atoms with E-state index in [1.165, 1.54) is 0 Å². The van der Waals surface area contributed by atoms with Gasteiger partial charge in [0, 0.05) is 31.3 Å². The van der Waals surface area contributed by atoms with Crippen molar-refractivity contribution in [2.24, 2.45) is 0 Å². The molecule has 0 unspecified atom stereocenters. The van der Waals surface area contributed by atoms with Crippen LogP contribution in [-0.2, 0) is 14.3 Å². The first kappa shape index (κ1) is 16.7. The lowest BCUT2D eigenvalue weighted by Crippen LogP contribution is -2.45. The molecule has 0 aromatic heterocycles. The van der Waals surface area contributed by atoms with Gasteiger partial charge in [0.25, 0.3) is 0 Å². The zero-order valence-electron chi connectivity index (χ0n) is 13.2. The molecular formula is C17H23ClN2O3. The first-order valence-corrected chi connectivity index (χ1v) is 8.59. The lowest BCUT2D eigenvalue weighted by Gasteiger charge is -2.35. The Labute approximate surface area is 141 Å². The van der Waals surface area contributed by atoms with Gasteiger partial charge in [-0.2, -0.15) is 0 Å². The molecule has 1 N–H and O–H groups in total. The van der Waals surface area contributed by atoms with Crippen LogP contribution in [0.1, 0.15) is 24.4 Å². The average molecular weight is 339 g/mol. The summed E-state index contributed by atoms with van der Waals surface area (Å²) in [6.07, 6.45) is 1.46. The van der Waals surface area contributed by atoms with E-state index in [1.807, 2.05) is 24.3 Å². The van der Waals surface area contributed by atoms with E-state index in [0.717, 1.165) is 36.5 Å². The monoisotopic (exact) mass is 338 g/mol. The molecule has 2 aliphatic rings. The van der Waals surface area contributed by atoms with Gasteiger partial charge in [-0.25, -0.2) is 0 Å². The molecule has 2 aliphatic heterocycles. The van der Waals surface area contributed by atoms with Crippen LogP contribution >= 0.6 is 11.6 Å². The summed E-state index contributed by atoms with van der Waals surface area (Å²) in [4.78, 5) is 14.6. The summed E-state index contributed by atoms with van der Waals surface area (Å²) in [5.41, 5.74) is 1.05. The largest absolute Gasteiger partial charge is 0.379 e. The number of nitrogens with one attached hydrogen (secondary N) is 1. The Bertz CT molecular complexity index is 528. The van der Waals surface area contributed by atoms with Crippen molar-refractivity contribution < 1.29 is 14.3 Å². The van der Waals surface area contributed by atoms with E-state index in [-0.39, 0.29) is 18.1 Å². The number of ether oxygens (including phenoxy) is 2. The fourth-order valence-electron chi connectivity index (χ4n) is 3.17. The van der Waals surface area contributed by atoms with Crippen molar-refractivity contribution in [3.8, 4) is 0 Å². The third kappa shape index (κ3) is 4.23. The van der Waals surface area contributed by atoms with E-state index in [4.69, 9.17) is 21.1 Å². The minimum Gasteiger partial charge on any atom is -0.379 e. The minimum absolute atomic E-state index is 0.0205. The van der Waals surface area contributed by atoms with Gasteiger partial charge >= 0.3 is 0 Å². The fraction of sp³-hybridized carbons (Fsp3) is 0.588.